The smallest absolute Gasteiger partial charge is 0.252 e. The third-order valence-corrected chi connectivity index (χ3v) is 8.80. The number of nitrogens with one attached hydrogen (secondary N) is 1. The molecule has 43 heavy (non-hydrogen) atoms. The maximum Gasteiger partial charge on any atom is 0.252 e. The minimum atomic E-state index is -0.459. The van der Waals surface area contributed by atoms with Crippen LogP contribution in [-0.2, 0) is 22.4 Å². The van der Waals surface area contributed by atoms with Gasteiger partial charge in [-0.15, -0.1) is 0 Å². The number of carbonyl (C=O) groups excluding carboxylic acids is 2. The van der Waals surface area contributed by atoms with Crippen molar-refractivity contribution in [2.75, 3.05) is 26.3 Å². The van der Waals surface area contributed by atoms with E-state index in [1.165, 1.54) is 11.6 Å². The highest BCUT2D eigenvalue weighted by molar-refractivity contribution is 6.09. The molecule has 0 saturated carbocycles. The summed E-state index contributed by atoms with van der Waals surface area (Å²) in [5.41, 5.74) is 4.07. The van der Waals surface area contributed by atoms with E-state index in [1.807, 2.05) is 53.4 Å². The van der Waals surface area contributed by atoms with Gasteiger partial charge in [0.25, 0.3) is 5.91 Å². The Morgan fingerprint density at radius 1 is 0.953 bits per heavy atom. The van der Waals surface area contributed by atoms with Gasteiger partial charge < -0.3 is 15.0 Å². The molecule has 0 spiro atoms. The summed E-state index contributed by atoms with van der Waals surface area (Å²) in [5.74, 6) is -0.469. The lowest BCUT2D eigenvalue weighted by Gasteiger charge is -2.39. The van der Waals surface area contributed by atoms with E-state index in [0.717, 1.165) is 43.2 Å². The molecular formula is C36H38FN3O3. The predicted molar refractivity (Wildman–Crippen MR) is 166 cm³/mol. The number of carbonyl (C=O) groups is 2. The van der Waals surface area contributed by atoms with Crippen LogP contribution < -0.4 is 5.32 Å². The standard InChI is InChI=1S/C36H38FN3O3/c37-31-15-7-14-29-33(36(42)38-19-8-11-25-9-3-1-4-10-25)30(34(39-35(29)31)27-12-5-2-6-13-27)23-26-16-20-40(32(41)24-26)28-17-21-43-22-18-28/h1-7,9-10,12-15,26,28H,8,11,16-24H2,(H,38,42)/t26-/m1/s1. The first-order valence-corrected chi connectivity index (χ1v) is 15.4. The zero-order chi connectivity index (χ0) is 29.6. The number of pyridine rings is 1. The molecule has 1 aromatic heterocycles. The highest BCUT2D eigenvalue weighted by Gasteiger charge is 2.33. The van der Waals surface area contributed by atoms with Crippen LogP contribution in [-0.4, -0.2) is 54.0 Å². The molecule has 6 nitrogen and oxygen atoms in total. The van der Waals surface area contributed by atoms with Crippen LogP contribution in [0.3, 0.4) is 0 Å². The van der Waals surface area contributed by atoms with E-state index >= 15 is 4.39 Å². The molecule has 1 N–H and O–H groups in total. The van der Waals surface area contributed by atoms with Crippen molar-refractivity contribution in [1.29, 1.82) is 0 Å². The van der Waals surface area contributed by atoms with Gasteiger partial charge in [0.2, 0.25) is 5.91 Å². The number of aryl methyl sites for hydroxylation is 1. The van der Waals surface area contributed by atoms with Gasteiger partial charge in [0.05, 0.1) is 11.3 Å². The van der Waals surface area contributed by atoms with Crippen LogP contribution in [0.1, 0.15) is 53.6 Å². The summed E-state index contributed by atoms with van der Waals surface area (Å²) in [6, 6.07) is 24.9. The van der Waals surface area contributed by atoms with Crippen molar-refractivity contribution in [3.05, 3.63) is 101 Å². The molecule has 6 rings (SSSR count). The Morgan fingerprint density at radius 3 is 2.44 bits per heavy atom. The molecular weight excluding hydrogens is 541 g/mol. The largest absolute Gasteiger partial charge is 0.381 e. The monoisotopic (exact) mass is 579 g/mol. The summed E-state index contributed by atoms with van der Waals surface area (Å²) in [5, 5.41) is 3.62. The summed E-state index contributed by atoms with van der Waals surface area (Å²) in [7, 11) is 0. The minimum Gasteiger partial charge on any atom is -0.381 e. The molecule has 0 radical (unpaired) electrons. The molecule has 3 heterocycles. The summed E-state index contributed by atoms with van der Waals surface area (Å²) in [6.07, 6.45) is 5.17. The molecule has 0 aliphatic carbocycles. The first-order chi connectivity index (χ1) is 21.1. The zero-order valence-electron chi connectivity index (χ0n) is 24.4. The molecule has 2 fully saturated rings. The molecule has 4 aromatic rings. The van der Waals surface area contributed by atoms with Gasteiger partial charge >= 0.3 is 0 Å². The molecule has 0 bridgehead atoms. The summed E-state index contributed by atoms with van der Waals surface area (Å²) >= 11 is 0. The zero-order valence-corrected chi connectivity index (χ0v) is 24.4. The number of nitrogens with zero attached hydrogens (tertiary/aromatic N) is 2. The number of amides is 2. The van der Waals surface area contributed by atoms with E-state index in [-0.39, 0.29) is 29.3 Å². The average Bonchev–Trinajstić information content (AvgIpc) is 3.04. The highest BCUT2D eigenvalue weighted by atomic mass is 19.1. The van der Waals surface area contributed by atoms with Crippen molar-refractivity contribution in [2.24, 2.45) is 5.92 Å². The normalized spacial score (nSPS) is 17.7. The molecule has 2 saturated heterocycles. The van der Waals surface area contributed by atoms with Gasteiger partial charge in [-0.3, -0.25) is 9.59 Å². The van der Waals surface area contributed by atoms with E-state index in [0.29, 0.717) is 55.8 Å². The molecule has 2 amide bonds. The third kappa shape index (κ3) is 6.62. The Labute approximate surface area is 252 Å². The average molecular weight is 580 g/mol. The number of ether oxygens (including phenoxy) is 1. The van der Waals surface area contributed by atoms with Gasteiger partial charge in [-0.2, -0.15) is 0 Å². The third-order valence-electron chi connectivity index (χ3n) is 8.80. The summed E-state index contributed by atoms with van der Waals surface area (Å²) in [4.78, 5) is 34.2. The summed E-state index contributed by atoms with van der Waals surface area (Å²) in [6.45, 7) is 2.59. The van der Waals surface area contributed by atoms with E-state index in [2.05, 4.69) is 17.4 Å². The lowest BCUT2D eigenvalue weighted by atomic mass is 9.84. The van der Waals surface area contributed by atoms with Gasteiger partial charge in [-0.05, 0) is 61.6 Å². The van der Waals surface area contributed by atoms with E-state index in [1.54, 1.807) is 12.1 Å². The predicted octanol–water partition coefficient (Wildman–Crippen LogP) is 6.36. The molecule has 7 heteroatoms. The van der Waals surface area contributed by atoms with Gasteiger partial charge in [-0.1, -0.05) is 72.8 Å². The van der Waals surface area contributed by atoms with Crippen LogP contribution in [0.4, 0.5) is 4.39 Å². The second-order valence-electron chi connectivity index (χ2n) is 11.7. The number of rotatable bonds is 9. The van der Waals surface area contributed by atoms with Crippen LogP contribution in [0.2, 0.25) is 0 Å². The fourth-order valence-corrected chi connectivity index (χ4v) is 6.57. The summed E-state index contributed by atoms with van der Waals surface area (Å²) < 4.78 is 20.7. The number of fused-ring (bicyclic) bond motifs is 1. The van der Waals surface area contributed by atoms with Crippen molar-refractivity contribution in [3.8, 4) is 11.3 Å². The number of para-hydroxylation sites is 1. The Balaban J connectivity index is 1.32. The quantitative estimate of drug-likeness (QED) is 0.234. The fraction of sp³-hybridized carbons (Fsp3) is 0.361. The topological polar surface area (TPSA) is 71.5 Å². The number of hydrogen-bond donors (Lipinski definition) is 1. The van der Waals surface area contributed by atoms with E-state index < -0.39 is 5.82 Å². The van der Waals surface area contributed by atoms with Crippen LogP contribution >= 0.6 is 0 Å². The van der Waals surface area contributed by atoms with Crippen LogP contribution in [0.5, 0.6) is 0 Å². The molecule has 3 aromatic carbocycles. The van der Waals surface area contributed by atoms with Gasteiger partial charge in [-0.25, -0.2) is 9.37 Å². The highest BCUT2D eigenvalue weighted by Crippen LogP contribution is 2.35. The maximum absolute atomic E-state index is 15.2. The van der Waals surface area contributed by atoms with Gasteiger partial charge in [0, 0.05) is 49.7 Å². The number of piperidine rings is 1. The van der Waals surface area contributed by atoms with Crippen molar-refractivity contribution in [1.82, 2.24) is 15.2 Å². The van der Waals surface area contributed by atoms with Gasteiger partial charge in [0.1, 0.15) is 11.3 Å². The number of benzene rings is 3. The van der Waals surface area contributed by atoms with Crippen LogP contribution in [0.15, 0.2) is 78.9 Å². The molecule has 222 valence electrons. The number of aromatic nitrogens is 1. The van der Waals surface area contributed by atoms with Crippen molar-refractivity contribution in [3.63, 3.8) is 0 Å². The van der Waals surface area contributed by atoms with E-state index in [4.69, 9.17) is 9.72 Å². The Kier molecular flexibility index (Phi) is 9.08. The lowest BCUT2D eigenvalue weighted by molar-refractivity contribution is -0.139. The Morgan fingerprint density at radius 2 is 1.70 bits per heavy atom. The van der Waals surface area contributed by atoms with Crippen LogP contribution in [0.25, 0.3) is 22.2 Å². The molecule has 2 aliphatic heterocycles. The van der Waals surface area contributed by atoms with Crippen LogP contribution in [0, 0.1) is 11.7 Å². The minimum absolute atomic E-state index is 0.0588. The van der Waals surface area contributed by atoms with Crippen molar-refractivity contribution >= 4 is 22.7 Å². The molecule has 0 unspecified atom stereocenters. The SMILES string of the molecule is O=C(NCCCc1ccccc1)c1c(C[C@H]2CCN(C3CCOCC3)C(=O)C2)c(-c2ccccc2)nc2c(F)cccc12. The first kappa shape index (κ1) is 29.0. The van der Waals surface area contributed by atoms with E-state index in [9.17, 15) is 9.59 Å². The Bertz CT molecular complexity index is 1570. The van der Waals surface area contributed by atoms with Crippen molar-refractivity contribution < 1.29 is 18.7 Å². The molecule has 1 atom stereocenters. The second kappa shape index (κ2) is 13.5. The first-order valence-electron chi connectivity index (χ1n) is 15.4. The Hall–Kier alpha value is -4.10. The fourth-order valence-electron chi connectivity index (χ4n) is 6.57. The van der Waals surface area contributed by atoms with Gasteiger partial charge in [0.15, 0.2) is 0 Å². The number of likely N-dealkylation sites (tertiary alicyclic amines) is 1. The maximum atomic E-state index is 15.2. The lowest BCUT2D eigenvalue weighted by Crippen LogP contribution is -2.47. The second-order valence-corrected chi connectivity index (χ2v) is 11.7. The van der Waals surface area contributed by atoms with Crippen molar-refractivity contribution in [2.45, 2.75) is 51.0 Å². The molecule has 2 aliphatic rings. The number of halogens is 1. The number of hydrogen-bond acceptors (Lipinski definition) is 4.